The van der Waals surface area contributed by atoms with E-state index < -0.39 is 0 Å². The van der Waals surface area contributed by atoms with Gasteiger partial charge in [-0.1, -0.05) is 12.1 Å². The standard InChI is InChI=1S/C31H45FN6O3/c1-20-13-36(27(12-33-20)16-37-21(2)14-35(5)15-22(37)3)17-30(40)38-23(4)19-41-31-29(38)11-25(28(18-39)34-31)10-24-6-8-26(32)9-7-24/h6-9,11,20-23,27,33,39H,10,12-19H2,1-5H3/t20-,21-,22-,23?,27-/m1/s1. The van der Waals surface area contributed by atoms with Crippen molar-refractivity contribution >= 4 is 11.6 Å². The molecule has 1 aromatic carbocycles. The number of aromatic nitrogens is 1. The third kappa shape index (κ3) is 6.73. The maximum Gasteiger partial charge on any atom is 0.241 e. The number of rotatable bonds is 7. The number of pyridine rings is 1. The Bertz CT molecular complexity index is 1200. The number of hydrogen-bond donors (Lipinski definition) is 2. The van der Waals surface area contributed by atoms with Crippen LogP contribution < -0.4 is 15.0 Å². The first-order chi connectivity index (χ1) is 19.6. The molecule has 1 unspecified atom stereocenters. The van der Waals surface area contributed by atoms with Crippen molar-refractivity contribution in [2.45, 2.75) is 70.9 Å². The predicted molar refractivity (Wildman–Crippen MR) is 158 cm³/mol. The number of amides is 1. The molecule has 5 rings (SSSR count). The molecule has 224 valence electrons. The number of fused-ring (bicyclic) bond motifs is 1. The first-order valence-electron chi connectivity index (χ1n) is 14.9. The van der Waals surface area contributed by atoms with Crippen molar-refractivity contribution < 1.29 is 19.0 Å². The molecule has 2 saturated heterocycles. The van der Waals surface area contributed by atoms with Gasteiger partial charge < -0.3 is 25.0 Å². The van der Waals surface area contributed by atoms with Crippen molar-refractivity contribution in [2.75, 3.05) is 57.8 Å². The van der Waals surface area contributed by atoms with Crippen LogP contribution in [-0.4, -0.2) is 114 Å². The third-order valence-electron chi connectivity index (χ3n) is 8.80. The fourth-order valence-corrected chi connectivity index (χ4v) is 6.72. The van der Waals surface area contributed by atoms with Crippen molar-refractivity contribution in [1.82, 2.24) is 25.0 Å². The van der Waals surface area contributed by atoms with Crippen LogP contribution in [0.5, 0.6) is 5.88 Å². The molecule has 0 spiro atoms. The summed E-state index contributed by atoms with van der Waals surface area (Å²) in [6.07, 6.45) is 0.464. The van der Waals surface area contributed by atoms with Gasteiger partial charge in [0.15, 0.2) is 0 Å². The van der Waals surface area contributed by atoms with Crippen LogP contribution in [0, 0.1) is 5.82 Å². The minimum atomic E-state index is -0.296. The Hall–Kier alpha value is -2.63. The molecule has 0 aliphatic carbocycles. The second-order valence-corrected chi connectivity index (χ2v) is 12.3. The lowest BCUT2D eigenvalue weighted by atomic mass is 10.0. The normalized spacial score (nSPS) is 27.9. The van der Waals surface area contributed by atoms with Crippen molar-refractivity contribution in [2.24, 2.45) is 0 Å². The molecule has 9 nitrogen and oxygen atoms in total. The fourth-order valence-electron chi connectivity index (χ4n) is 6.72. The van der Waals surface area contributed by atoms with Gasteiger partial charge >= 0.3 is 0 Å². The summed E-state index contributed by atoms with van der Waals surface area (Å²) in [6, 6.07) is 9.50. The molecule has 0 radical (unpaired) electrons. The van der Waals surface area contributed by atoms with Crippen LogP contribution in [0.25, 0.3) is 0 Å². The van der Waals surface area contributed by atoms with E-state index in [0.717, 1.165) is 43.9 Å². The number of halogens is 1. The van der Waals surface area contributed by atoms with Gasteiger partial charge in [0.25, 0.3) is 0 Å². The molecule has 5 atom stereocenters. The van der Waals surface area contributed by atoms with Crippen molar-refractivity contribution in [3.8, 4) is 5.88 Å². The summed E-state index contributed by atoms with van der Waals surface area (Å²) in [5.74, 6) is 0.0938. The van der Waals surface area contributed by atoms with E-state index in [1.807, 2.05) is 17.9 Å². The number of nitrogens with zero attached hydrogens (tertiary/aromatic N) is 5. The molecular formula is C31H45FN6O3. The van der Waals surface area contributed by atoms with Gasteiger partial charge in [0.2, 0.25) is 11.8 Å². The summed E-state index contributed by atoms with van der Waals surface area (Å²) in [5, 5.41) is 13.7. The van der Waals surface area contributed by atoms with Crippen LogP contribution in [0.3, 0.4) is 0 Å². The fraction of sp³-hybridized carbons (Fsp3) is 0.613. The zero-order chi connectivity index (χ0) is 29.3. The van der Waals surface area contributed by atoms with Gasteiger partial charge in [0.05, 0.1) is 24.9 Å². The molecule has 0 bridgehead atoms. The number of benzene rings is 1. The quantitative estimate of drug-likeness (QED) is 0.526. The summed E-state index contributed by atoms with van der Waals surface area (Å²) in [6.45, 7) is 13.8. The van der Waals surface area contributed by atoms with E-state index in [9.17, 15) is 14.3 Å². The van der Waals surface area contributed by atoms with Gasteiger partial charge in [-0.25, -0.2) is 9.37 Å². The van der Waals surface area contributed by atoms with Gasteiger partial charge in [0, 0.05) is 56.9 Å². The summed E-state index contributed by atoms with van der Waals surface area (Å²) in [7, 11) is 2.18. The lowest BCUT2D eigenvalue weighted by Crippen LogP contribution is -2.64. The van der Waals surface area contributed by atoms with Gasteiger partial charge in [0.1, 0.15) is 18.1 Å². The lowest BCUT2D eigenvalue weighted by Gasteiger charge is -2.48. The Morgan fingerprint density at radius 2 is 1.80 bits per heavy atom. The van der Waals surface area contributed by atoms with E-state index in [1.54, 1.807) is 12.1 Å². The highest BCUT2D eigenvalue weighted by Crippen LogP contribution is 2.35. The van der Waals surface area contributed by atoms with E-state index in [4.69, 9.17) is 4.74 Å². The van der Waals surface area contributed by atoms with Crippen LogP contribution in [0.15, 0.2) is 30.3 Å². The van der Waals surface area contributed by atoms with Crippen molar-refractivity contribution in [1.29, 1.82) is 0 Å². The first kappa shape index (κ1) is 29.8. The average molecular weight is 569 g/mol. The number of hydrogen-bond acceptors (Lipinski definition) is 8. The minimum Gasteiger partial charge on any atom is -0.474 e. The second-order valence-electron chi connectivity index (χ2n) is 12.3. The molecule has 3 aliphatic heterocycles. The van der Waals surface area contributed by atoms with E-state index in [0.29, 0.717) is 55.0 Å². The second kappa shape index (κ2) is 12.7. The third-order valence-corrected chi connectivity index (χ3v) is 8.80. The molecule has 41 heavy (non-hydrogen) atoms. The van der Waals surface area contributed by atoms with E-state index >= 15 is 0 Å². The summed E-state index contributed by atoms with van der Waals surface area (Å²) in [5.41, 5.74) is 2.82. The number of aliphatic hydroxyl groups is 1. The molecule has 10 heteroatoms. The first-order valence-corrected chi connectivity index (χ1v) is 14.9. The number of carbonyl (C=O) groups excluding carboxylic acids is 1. The highest BCUT2D eigenvalue weighted by atomic mass is 19.1. The molecule has 2 fully saturated rings. The van der Waals surface area contributed by atoms with Crippen LogP contribution >= 0.6 is 0 Å². The molecule has 3 aliphatic rings. The van der Waals surface area contributed by atoms with Crippen LogP contribution in [0.4, 0.5) is 10.1 Å². The number of ether oxygens (including phenoxy) is 1. The van der Waals surface area contributed by atoms with E-state index in [-0.39, 0.29) is 30.4 Å². The lowest BCUT2D eigenvalue weighted by molar-refractivity contribution is -0.121. The number of carbonyl (C=O) groups is 1. The van der Waals surface area contributed by atoms with Crippen molar-refractivity contribution in [3.05, 3.63) is 53.0 Å². The summed E-state index contributed by atoms with van der Waals surface area (Å²) < 4.78 is 19.4. The largest absolute Gasteiger partial charge is 0.474 e. The molecule has 2 aromatic rings. The Kier molecular flexibility index (Phi) is 9.25. The van der Waals surface area contributed by atoms with Crippen molar-refractivity contribution in [3.63, 3.8) is 0 Å². The smallest absolute Gasteiger partial charge is 0.241 e. The molecule has 2 N–H and O–H groups in total. The molecule has 1 amide bonds. The van der Waals surface area contributed by atoms with Crippen LogP contribution in [0.2, 0.25) is 0 Å². The zero-order valence-electron chi connectivity index (χ0n) is 25.0. The zero-order valence-corrected chi connectivity index (χ0v) is 25.0. The molecular weight excluding hydrogens is 523 g/mol. The highest BCUT2D eigenvalue weighted by Gasteiger charge is 2.37. The monoisotopic (exact) mass is 568 g/mol. The SMILES string of the molecule is CC1COc2nc(CO)c(Cc3ccc(F)cc3)cc2N1C(=O)CN1C[C@@H](C)NC[C@@H]1CN1[C@H](C)CN(C)C[C@H]1C. The van der Waals surface area contributed by atoms with E-state index in [1.165, 1.54) is 12.1 Å². The number of piperazine rings is 2. The Labute approximate surface area is 243 Å². The van der Waals surface area contributed by atoms with Gasteiger partial charge in [-0.2, -0.15) is 0 Å². The maximum absolute atomic E-state index is 14.1. The number of aliphatic hydroxyl groups excluding tert-OH is 1. The maximum atomic E-state index is 14.1. The molecule has 0 saturated carbocycles. The Morgan fingerprint density at radius 3 is 2.49 bits per heavy atom. The summed E-state index contributed by atoms with van der Waals surface area (Å²) >= 11 is 0. The van der Waals surface area contributed by atoms with Gasteiger partial charge in [-0.05, 0) is 70.5 Å². The molecule has 1 aromatic heterocycles. The molecule has 4 heterocycles. The topological polar surface area (TPSA) is 84.4 Å². The average Bonchev–Trinajstić information content (AvgIpc) is 2.92. The minimum absolute atomic E-state index is 0.0203. The Morgan fingerprint density at radius 1 is 1.10 bits per heavy atom. The van der Waals surface area contributed by atoms with Gasteiger partial charge in [-0.15, -0.1) is 0 Å². The van der Waals surface area contributed by atoms with Crippen LogP contribution in [-0.2, 0) is 17.8 Å². The van der Waals surface area contributed by atoms with Gasteiger partial charge in [-0.3, -0.25) is 14.6 Å². The number of likely N-dealkylation sites (N-methyl/N-ethyl adjacent to an activating group) is 1. The number of anilines is 1. The predicted octanol–water partition coefficient (Wildman–Crippen LogP) is 2.10. The van der Waals surface area contributed by atoms with E-state index in [2.05, 4.69) is 52.8 Å². The summed E-state index contributed by atoms with van der Waals surface area (Å²) in [4.78, 5) is 27.9. The highest BCUT2D eigenvalue weighted by molar-refractivity contribution is 5.97. The van der Waals surface area contributed by atoms with Crippen LogP contribution in [0.1, 0.15) is 44.5 Å². The number of nitrogens with one attached hydrogen (secondary N) is 1. The Balaban J connectivity index is 1.37.